The monoisotopic (exact) mass is 261 g/mol. The number of aromatic nitrogens is 1. The van der Waals surface area contributed by atoms with Crippen molar-refractivity contribution < 1.29 is 13.9 Å². The number of nitrogens with zero attached hydrogens (tertiary/aromatic N) is 1. The van der Waals surface area contributed by atoms with Gasteiger partial charge in [0.2, 0.25) is 0 Å². The van der Waals surface area contributed by atoms with Crippen molar-refractivity contribution in [3.8, 4) is 17.1 Å². The van der Waals surface area contributed by atoms with E-state index in [9.17, 15) is 4.79 Å². The first-order chi connectivity index (χ1) is 9.15. The minimum absolute atomic E-state index is 0.374. The molecule has 0 saturated heterocycles. The van der Waals surface area contributed by atoms with Gasteiger partial charge in [0.05, 0.1) is 18.4 Å². The van der Waals surface area contributed by atoms with E-state index in [-0.39, 0.29) is 5.91 Å². The molecule has 1 aromatic carbocycles. The Morgan fingerprint density at radius 2 is 2.32 bits per heavy atom. The summed E-state index contributed by atoms with van der Waals surface area (Å²) < 4.78 is 11.0. The van der Waals surface area contributed by atoms with E-state index in [2.05, 4.69) is 10.4 Å². The van der Waals surface area contributed by atoms with Gasteiger partial charge in [-0.25, -0.2) is 10.8 Å². The number of hydrazine groups is 1. The van der Waals surface area contributed by atoms with E-state index < -0.39 is 0 Å². The summed E-state index contributed by atoms with van der Waals surface area (Å²) in [5.41, 5.74) is 3.25. The lowest BCUT2D eigenvalue weighted by atomic mass is 10.1. The van der Waals surface area contributed by atoms with E-state index >= 15 is 0 Å². The van der Waals surface area contributed by atoms with Crippen molar-refractivity contribution in [2.24, 2.45) is 5.84 Å². The number of hydrogen-bond donors (Lipinski definition) is 2. The van der Waals surface area contributed by atoms with Crippen molar-refractivity contribution in [1.29, 1.82) is 0 Å². The smallest absolute Gasteiger partial charge is 0.265 e. The number of nitrogens with two attached hydrogens (primary N) is 1. The van der Waals surface area contributed by atoms with Crippen molar-refractivity contribution in [2.75, 3.05) is 6.61 Å². The topological polar surface area (TPSA) is 90.4 Å². The summed E-state index contributed by atoms with van der Waals surface area (Å²) in [6.45, 7) is 4.11. The minimum atomic E-state index is -0.374. The molecule has 0 unspecified atom stereocenters. The van der Waals surface area contributed by atoms with Gasteiger partial charge in [0.15, 0.2) is 11.7 Å². The summed E-state index contributed by atoms with van der Waals surface area (Å²) >= 11 is 0. The third-order valence-electron chi connectivity index (χ3n) is 2.56. The molecule has 0 fully saturated rings. The summed E-state index contributed by atoms with van der Waals surface area (Å²) in [5.74, 6) is 6.46. The number of oxazole rings is 1. The molecule has 2 rings (SSSR count). The summed E-state index contributed by atoms with van der Waals surface area (Å²) in [7, 11) is 0. The van der Waals surface area contributed by atoms with Crippen LogP contribution in [0.5, 0.6) is 5.75 Å². The van der Waals surface area contributed by atoms with Crippen LogP contribution in [0.2, 0.25) is 0 Å². The molecule has 1 amide bonds. The number of carbonyl (C=O) groups is 1. The molecule has 0 aliphatic carbocycles. The molecule has 0 atom stereocenters. The van der Waals surface area contributed by atoms with Gasteiger partial charge in [-0.3, -0.25) is 10.2 Å². The lowest BCUT2D eigenvalue weighted by Gasteiger charge is -2.09. The van der Waals surface area contributed by atoms with Crippen LogP contribution in [0.3, 0.4) is 0 Å². The van der Waals surface area contributed by atoms with E-state index in [1.807, 2.05) is 6.92 Å². The van der Waals surface area contributed by atoms with Gasteiger partial charge >= 0.3 is 0 Å². The summed E-state index contributed by atoms with van der Waals surface area (Å²) in [5, 5.41) is 0. The Labute approximate surface area is 110 Å². The van der Waals surface area contributed by atoms with E-state index in [1.54, 1.807) is 31.3 Å². The standard InChI is InChI=1S/C13H15N3O3/c1-3-18-11-6-9(13(17)16-14)4-5-10(11)12-7-15-8(2)19-12/h4-7H,3,14H2,1-2H3,(H,16,17). The minimum Gasteiger partial charge on any atom is -0.493 e. The predicted molar refractivity (Wildman–Crippen MR) is 69.5 cm³/mol. The average molecular weight is 261 g/mol. The zero-order valence-electron chi connectivity index (χ0n) is 10.8. The summed E-state index contributed by atoms with van der Waals surface area (Å²) in [4.78, 5) is 15.5. The molecule has 3 N–H and O–H groups in total. The van der Waals surface area contributed by atoms with Crippen LogP contribution in [0.4, 0.5) is 0 Å². The van der Waals surface area contributed by atoms with E-state index in [0.29, 0.717) is 29.6 Å². The molecule has 1 heterocycles. The Morgan fingerprint density at radius 3 is 2.89 bits per heavy atom. The molecule has 6 heteroatoms. The lowest BCUT2D eigenvalue weighted by Crippen LogP contribution is -2.29. The number of aryl methyl sites for hydroxylation is 1. The van der Waals surface area contributed by atoms with Crippen molar-refractivity contribution in [1.82, 2.24) is 10.4 Å². The lowest BCUT2D eigenvalue weighted by molar-refractivity contribution is 0.0953. The zero-order chi connectivity index (χ0) is 13.8. The fraction of sp³-hybridized carbons (Fsp3) is 0.231. The largest absolute Gasteiger partial charge is 0.493 e. The van der Waals surface area contributed by atoms with Gasteiger partial charge in [0.1, 0.15) is 5.75 Å². The van der Waals surface area contributed by atoms with Crippen LogP contribution < -0.4 is 16.0 Å². The Hall–Kier alpha value is -2.34. The Kier molecular flexibility index (Phi) is 3.82. The molecule has 0 radical (unpaired) electrons. The fourth-order valence-electron chi connectivity index (χ4n) is 1.71. The van der Waals surface area contributed by atoms with E-state index in [0.717, 1.165) is 5.56 Å². The summed E-state index contributed by atoms with van der Waals surface area (Å²) in [6.07, 6.45) is 1.62. The molecular weight excluding hydrogens is 246 g/mol. The molecule has 19 heavy (non-hydrogen) atoms. The highest BCUT2D eigenvalue weighted by Gasteiger charge is 2.14. The normalized spacial score (nSPS) is 10.3. The second-order valence-corrected chi connectivity index (χ2v) is 3.86. The van der Waals surface area contributed by atoms with Gasteiger partial charge in [0, 0.05) is 12.5 Å². The highest BCUT2D eigenvalue weighted by Crippen LogP contribution is 2.31. The van der Waals surface area contributed by atoms with Gasteiger partial charge in [-0.15, -0.1) is 0 Å². The number of nitrogens with one attached hydrogen (secondary N) is 1. The first kappa shape index (κ1) is 13.1. The maximum absolute atomic E-state index is 11.5. The van der Waals surface area contributed by atoms with Crippen LogP contribution in [0.25, 0.3) is 11.3 Å². The molecular formula is C13H15N3O3. The molecule has 1 aromatic heterocycles. The third kappa shape index (κ3) is 2.74. The number of nitrogen functional groups attached to an aromatic ring is 1. The number of carbonyl (C=O) groups excluding carboxylic acids is 1. The van der Waals surface area contributed by atoms with E-state index in [4.69, 9.17) is 15.0 Å². The number of amides is 1. The maximum atomic E-state index is 11.5. The molecule has 0 spiro atoms. The Bertz CT molecular complexity index is 593. The maximum Gasteiger partial charge on any atom is 0.265 e. The highest BCUT2D eigenvalue weighted by atomic mass is 16.5. The second kappa shape index (κ2) is 5.53. The van der Waals surface area contributed by atoms with Gasteiger partial charge in [-0.2, -0.15) is 0 Å². The van der Waals surface area contributed by atoms with Crippen molar-refractivity contribution in [3.63, 3.8) is 0 Å². The molecule has 0 bridgehead atoms. The molecule has 0 aliphatic rings. The molecule has 0 aliphatic heterocycles. The third-order valence-corrected chi connectivity index (χ3v) is 2.56. The van der Waals surface area contributed by atoms with Crippen LogP contribution in [0.15, 0.2) is 28.8 Å². The first-order valence-electron chi connectivity index (χ1n) is 5.86. The van der Waals surface area contributed by atoms with Crippen molar-refractivity contribution in [2.45, 2.75) is 13.8 Å². The number of hydrogen-bond acceptors (Lipinski definition) is 5. The quantitative estimate of drug-likeness (QED) is 0.496. The van der Waals surface area contributed by atoms with Crippen LogP contribution in [0.1, 0.15) is 23.2 Å². The average Bonchev–Trinajstić information content (AvgIpc) is 2.84. The van der Waals surface area contributed by atoms with Gasteiger partial charge in [0.25, 0.3) is 5.91 Å². The van der Waals surface area contributed by atoms with Crippen LogP contribution in [0, 0.1) is 6.92 Å². The summed E-state index contributed by atoms with van der Waals surface area (Å²) in [6, 6.07) is 5.02. The zero-order valence-corrected chi connectivity index (χ0v) is 10.8. The first-order valence-corrected chi connectivity index (χ1v) is 5.86. The molecule has 0 saturated carbocycles. The Morgan fingerprint density at radius 1 is 1.53 bits per heavy atom. The highest BCUT2D eigenvalue weighted by molar-refractivity contribution is 5.95. The van der Waals surface area contributed by atoms with Crippen LogP contribution >= 0.6 is 0 Å². The number of benzene rings is 1. The number of ether oxygens (including phenoxy) is 1. The predicted octanol–water partition coefficient (Wildman–Crippen LogP) is 1.65. The van der Waals surface area contributed by atoms with Gasteiger partial charge in [-0.05, 0) is 25.1 Å². The van der Waals surface area contributed by atoms with Gasteiger partial charge < -0.3 is 9.15 Å². The molecule has 6 nitrogen and oxygen atoms in total. The SMILES string of the molecule is CCOc1cc(C(=O)NN)ccc1-c1cnc(C)o1. The van der Waals surface area contributed by atoms with Crippen molar-refractivity contribution >= 4 is 5.91 Å². The van der Waals surface area contributed by atoms with Crippen molar-refractivity contribution in [3.05, 3.63) is 35.9 Å². The van der Waals surface area contributed by atoms with Crippen LogP contribution in [-0.4, -0.2) is 17.5 Å². The molecule has 100 valence electrons. The van der Waals surface area contributed by atoms with E-state index in [1.165, 1.54) is 0 Å². The van der Waals surface area contributed by atoms with Gasteiger partial charge in [-0.1, -0.05) is 0 Å². The fourth-order valence-corrected chi connectivity index (χ4v) is 1.71. The second-order valence-electron chi connectivity index (χ2n) is 3.86. The number of rotatable bonds is 4. The Balaban J connectivity index is 2.46. The van der Waals surface area contributed by atoms with Crippen LogP contribution in [-0.2, 0) is 0 Å². The molecule has 2 aromatic rings.